The fourth-order valence-corrected chi connectivity index (χ4v) is 1.95. The Morgan fingerprint density at radius 2 is 1.86 bits per heavy atom. The van der Waals surface area contributed by atoms with Gasteiger partial charge in [-0.1, -0.05) is 13.8 Å². The number of rotatable bonds is 3. The molecule has 1 rings (SSSR count). The van der Waals surface area contributed by atoms with Crippen molar-refractivity contribution in [1.82, 2.24) is 4.90 Å². The van der Waals surface area contributed by atoms with E-state index in [-0.39, 0.29) is 17.2 Å². The smallest absolute Gasteiger partial charge is 0.307 e. The average molecular weight is 199 g/mol. The highest BCUT2D eigenvalue weighted by Gasteiger charge is 2.66. The van der Waals surface area contributed by atoms with Crippen LogP contribution in [-0.2, 0) is 9.59 Å². The zero-order chi connectivity index (χ0) is 11.1. The number of carboxylic acid groups (broad SMARTS) is 1. The van der Waals surface area contributed by atoms with Crippen molar-refractivity contribution in [3.05, 3.63) is 0 Å². The second kappa shape index (κ2) is 3.26. The van der Waals surface area contributed by atoms with Gasteiger partial charge >= 0.3 is 5.97 Å². The predicted molar refractivity (Wildman–Crippen MR) is 51.7 cm³/mol. The molecule has 0 bridgehead atoms. The summed E-state index contributed by atoms with van der Waals surface area (Å²) in [5.41, 5.74) is -0.383. The van der Waals surface area contributed by atoms with Crippen LogP contribution in [0.3, 0.4) is 0 Å². The molecule has 14 heavy (non-hydrogen) atoms. The molecule has 1 fully saturated rings. The summed E-state index contributed by atoms with van der Waals surface area (Å²) in [7, 11) is 1.70. The Hall–Kier alpha value is -1.06. The van der Waals surface area contributed by atoms with Crippen LogP contribution in [0.4, 0.5) is 0 Å². The summed E-state index contributed by atoms with van der Waals surface area (Å²) >= 11 is 0. The van der Waals surface area contributed by atoms with E-state index in [0.717, 1.165) is 0 Å². The maximum absolute atomic E-state index is 11.7. The van der Waals surface area contributed by atoms with Crippen molar-refractivity contribution in [3.8, 4) is 0 Å². The van der Waals surface area contributed by atoms with Crippen LogP contribution >= 0.6 is 0 Å². The van der Waals surface area contributed by atoms with Gasteiger partial charge in [-0.15, -0.1) is 0 Å². The molecule has 0 heterocycles. The monoisotopic (exact) mass is 199 g/mol. The number of aliphatic carboxylic acids is 1. The quantitative estimate of drug-likeness (QED) is 0.732. The highest BCUT2D eigenvalue weighted by Crippen LogP contribution is 2.58. The summed E-state index contributed by atoms with van der Waals surface area (Å²) in [6, 6.07) is 0. The number of hydrogen-bond donors (Lipinski definition) is 1. The van der Waals surface area contributed by atoms with Crippen molar-refractivity contribution in [2.45, 2.75) is 20.8 Å². The molecule has 1 aliphatic rings. The first kappa shape index (κ1) is 11.0. The summed E-state index contributed by atoms with van der Waals surface area (Å²) in [6.07, 6.45) is 0. The fourth-order valence-electron chi connectivity index (χ4n) is 1.95. The lowest BCUT2D eigenvalue weighted by Crippen LogP contribution is -2.29. The topological polar surface area (TPSA) is 57.6 Å². The summed E-state index contributed by atoms with van der Waals surface area (Å²) in [5, 5.41) is 8.89. The van der Waals surface area contributed by atoms with E-state index < -0.39 is 11.9 Å². The van der Waals surface area contributed by atoms with Gasteiger partial charge in [0.2, 0.25) is 5.91 Å². The van der Waals surface area contributed by atoms with Gasteiger partial charge in [0, 0.05) is 13.6 Å². The number of nitrogens with zero attached hydrogens (tertiary/aromatic N) is 1. The van der Waals surface area contributed by atoms with Gasteiger partial charge in [-0.05, 0) is 12.3 Å². The molecule has 1 amide bonds. The Morgan fingerprint density at radius 3 is 2.14 bits per heavy atom. The molecule has 0 aromatic carbocycles. The van der Waals surface area contributed by atoms with Gasteiger partial charge in [-0.3, -0.25) is 9.59 Å². The van der Waals surface area contributed by atoms with Crippen LogP contribution in [0.5, 0.6) is 0 Å². The first-order valence-corrected chi connectivity index (χ1v) is 4.81. The molecule has 0 unspecified atom stereocenters. The molecule has 0 radical (unpaired) electrons. The van der Waals surface area contributed by atoms with Crippen molar-refractivity contribution in [2.75, 3.05) is 13.6 Å². The molecule has 80 valence electrons. The summed E-state index contributed by atoms with van der Waals surface area (Å²) < 4.78 is 0. The second-order valence-corrected chi connectivity index (χ2v) is 4.47. The highest BCUT2D eigenvalue weighted by atomic mass is 16.4. The number of carboxylic acids is 1. The van der Waals surface area contributed by atoms with E-state index in [2.05, 4.69) is 0 Å². The third-order valence-corrected chi connectivity index (χ3v) is 3.21. The van der Waals surface area contributed by atoms with Crippen molar-refractivity contribution >= 4 is 11.9 Å². The van der Waals surface area contributed by atoms with Crippen LogP contribution in [0.1, 0.15) is 20.8 Å². The van der Waals surface area contributed by atoms with Crippen LogP contribution in [0, 0.1) is 17.3 Å². The lowest BCUT2D eigenvalue weighted by molar-refractivity contribution is -0.141. The molecule has 1 N–H and O–H groups in total. The lowest BCUT2D eigenvalue weighted by atomic mass is 10.1. The van der Waals surface area contributed by atoms with Gasteiger partial charge < -0.3 is 10.0 Å². The van der Waals surface area contributed by atoms with E-state index in [9.17, 15) is 9.59 Å². The van der Waals surface area contributed by atoms with E-state index in [1.807, 2.05) is 20.8 Å². The van der Waals surface area contributed by atoms with Crippen molar-refractivity contribution < 1.29 is 14.7 Å². The minimum absolute atomic E-state index is 0.0510. The Balaban J connectivity index is 2.74. The standard InChI is InChI=1S/C10H17NO3/c1-5-11(4)8(12)6-7(9(13)14)10(6,2)3/h6-7H,5H2,1-4H3,(H,13,14)/t6-,7+/m1/s1. The largest absolute Gasteiger partial charge is 0.481 e. The first-order chi connectivity index (χ1) is 6.34. The zero-order valence-corrected chi connectivity index (χ0v) is 9.07. The van der Waals surface area contributed by atoms with Crippen LogP contribution in [0.2, 0.25) is 0 Å². The molecule has 0 saturated heterocycles. The van der Waals surface area contributed by atoms with Crippen molar-refractivity contribution in [3.63, 3.8) is 0 Å². The molecule has 4 nitrogen and oxygen atoms in total. The molecule has 0 aromatic rings. The number of carbonyl (C=O) groups excluding carboxylic acids is 1. The average Bonchev–Trinajstić information content (AvgIpc) is 2.66. The third kappa shape index (κ3) is 1.49. The second-order valence-electron chi connectivity index (χ2n) is 4.47. The molecule has 0 aliphatic heterocycles. The van der Waals surface area contributed by atoms with Crippen LogP contribution < -0.4 is 0 Å². The maximum atomic E-state index is 11.7. The molecule has 1 aliphatic carbocycles. The maximum Gasteiger partial charge on any atom is 0.307 e. The first-order valence-electron chi connectivity index (χ1n) is 4.81. The van der Waals surface area contributed by atoms with Gasteiger partial charge in [-0.25, -0.2) is 0 Å². The van der Waals surface area contributed by atoms with Crippen LogP contribution in [-0.4, -0.2) is 35.5 Å². The number of hydrogen-bond acceptors (Lipinski definition) is 2. The molecule has 4 heteroatoms. The van der Waals surface area contributed by atoms with E-state index >= 15 is 0 Å². The van der Waals surface area contributed by atoms with Crippen LogP contribution in [0.15, 0.2) is 0 Å². The van der Waals surface area contributed by atoms with Gasteiger partial charge in [0.15, 0.2) is 0 Å². The number of amides is 1. The van der Waals surface area contributed by atoms with E-state index in [0.29, 0.717) is 6.54 Å². The summed E-state index contributed by atoms with van der Waals surface area (Å²) in [6.45, 7) is 6.16. The van der Waals surface area contributed by atoms with Crippen molar-refractivity contribution in [2.24, 2.45) is 17.3 Å². The normalized spacial score (nSPS) is 28.3. The summed E-state index contributed by atoms with van der Waals surface area (Å²) in [5.74, 6) is -1.77. The molecule has 0 spiro atoms. The Bertz CT molecular complexity index is 273. The Labute approximate surface area is 83.9 Å². The van der Waals surface area contributed by atoms with Gasteiger partial charge in [-0.2, -0.15) is 0 Å². The molecule has 0 aromatic heterocycles. The molecule has 1 saturated carbocycles. The van der Waals surface area contributed by atoms with Gasteiger partial charge in [0.05, 0.1) is 11.8 Å². The van der Waals surface area contributed by atoms with E-state index in [4.69, 9.17) is 5.11 Å². The lowest BCUT2D eigenvalue weighted by Gasteiger charge is -2.14. The molecular weight excluding hydrogens is 182 g/mol. The minimum atomic E-state index is -0.863. The van der Waals surface area contributed by atoms with E-state index in [1.165, 1.54) is 0 Å². The minimum Gasteiger partial charge on any atom is -0.481 e. The van der Waals surface area contributed by atoms with Crippen LogP contribution in [0.25, 0.3) is 0 Å². The number of carbonyl (C=O) groups is 2. The van der Waals surface area contributed by atoms with Crippen molar-refractivity contribution in [1.29, 1.82) is 0 Å². The van der Waals surface area contributed by atoms with Gasteiger partial charge in [0.25, 0.3) is 0 Å². The molecular formula is C10H17NO3. The fraction of sp³-hybridized carbons (Fsp3) is 0.800. The third-order valence-electron chi connectivity index (χ3n) is 3.21. The zero-order valence-electron chi connectivity index (χ0n) is 9.07. The Kier molecular flexibility index (Phi) is 2.56. The summed E-state index contributed by atoms with van der Waals surface area (Å²) in [4.78, 5) is 24.1. The molecule has 2 atom stereocenters. The highest BCUT2D eigenvalue weighted by molar-refractivity contribution is 5.91. The Morgan fingerprint density at radius 1 is 1.36 bits per heavy atom. The van der Waals surface area contributed by atoms with Gasteiger partial charge in [0.1, 0.15) is 0 Å². The predicted octanol–water partition coefficient (Wildman–Crippen LogP) is 0.821. The van der Waals surface area contributed by atoms with E-state index in [1.54, 1.807) is 11.9 Å². The SMILES string of the molecule is CCN(C)C(=O)[C@H]1[C@@H](C(=O)O)C1(C)C.